The molecule has 0 atom stereocenters. The van der Waals surface area contributed by atoms with Gasteiger partial charge in [-0.25, -0.2) is 0 Å². The second-order valence-electron chi connectivity index (χ2n) is 7.11. The number of hydrogen-bond donors (Lipinski definition) is 0. The average Bonchev–Trinajstić information content (AvgIpc) is 3.01. The van der Waals surface area contributed by atoms with Crippen LogP contribution in [0.25, 0.3) is 5.57 Å². The second kappa shape index (κ2) is 8.96. The average molecular weight is 451 g/mol. The summed E-state index contributed by atoms with van der Waals surface area (Å²) in [7, 11) is 0. The summed E-state index contributed by atoms with van der Waals surface area (Å²) in [4.78, 5) is 30.3. The number of rotatable bonds is 6. The number of hydrogen-bond acceptors (Lipinski definition) is 3. The summed E-state index contributed by atoms with van der Waals surface area (Å²) in [5, 5.41) is 0.788. The Morgan fingerprint density at radius 2 is 1.48 bits per heavy atom. The number of carbonyl (C=O) groups excluding carboxylic acids is 2. The van der Waals surface area contributed by atoms with Gasteiger partial charge in [0, 0.05) is 22.8 Å². The molecule has 3 aromatic rings. The molecule has 6 heteroatoms. The molecule has 0 bridgehead atoms. The minimum atomic E-state index is -0.373. The molecule has 3 aromatic carbocycles. The van der Waals surface area contributed by atoms with Crippen molar-refractivity contribution in [3.05, 3.63) is 106 Å². The second-order valence-corrected chi connectivity index (χ2v) is 7.95. The van der Waals surface area contributed by atoms with E-state index in [0.29, 0.717) is 27.9 Å². The zero-order valence-electron chi connectivity index (χ0n) is 16.9. The minimum Gasteiger partial charge on any atom is -0.337 e. The smallest absolute Gasteiger partial charge is 0.278 e. The Hall–Kier alpha value is -3.08. The fraction of sp³-hybridized carbons (Fsp3) is 0.120. The number of carbonyl (C=O) groups is 2. The molecule has 1 aliphatic rings. The number of imide groups is 1. The lowest BCUT2D eigenvalue weighted by molar-refractivity contribution is -0.137. The minimum absolute atomic E-state index is 0.184. The molecule has 1 aliphatic heterocycles. The van der Waals surface area contributed by atoms with Crippen molar-refractivity contribution < 1.29 is 9.59 Å². The lowest BCUT2D eigenvalue weighted by atomic mass is 10.0. The van der Waals surface area contributed by atoms with Crippen molar-refractivity contribution in [3.8, 4) is 0 Å². The summed E-state index contributed by atoms with van der Waals surface area (Å²) in [6, 6.07) is 23.9. The van der Waals surface area contributed by atoms with Crippen LogP contribution in [0.5, 0.6) is 0 Å². The van der Waals surface area contributed by atoms with Crippen LogP contribution >= 0.6 is 23.2 Å². The van der Waals surface area contributed by atoms with Crippen LogP contribution in [0, 0.1) is 0 Å². The molecule has 156 valence electrons. The predicted molar refractivity (Wildman–Crippen MR) is 125 cm³/mol. The fourth-order valence-corrected chi connectivity index (χ4v) is 4.24. The summed E-state index contributed by atoms with van der Waals surface area (Å²) in [5.74, 6) is -0.719. The van der Waals surface area contributed by atoms with Gasteiger partial charge < -0.3 is 4.90 Å². The van der Waals surface area contributed by atoms with E-state index in [2.05, 4.69) is 0 Å². The monoisotopic (exact) mass is 450 g/mol. The van der Waals surface area contributed by atoms with E-state index < -0.39 is 0 Å². The lowest BCUT2D eigenvalue weighted by Crippen LogP contribution is -2.34. The van der Waals surface area contributed by atoms with Crippen LogP contribution in [0.15, 0.2) is 84.6 Å². The van der Waals surface area contributed by atoms with E-state index in [1.54, 1.807) is 18.2 Å². The van der Waals surface area contributed by atoms with E-state index in [1.807, 2.05) is 72.5 Å². The number of halogens is 2. The lowest BCUT2D eigenvalue weighted by Gasteiger charge is -2.25. The van der Waals surface area contributed by atoms with Crippen molar-refractivity contribution >= 4 is 46.3 Å². The summed E-state index contributed by atoms with van der Waals surface area (Å²) in [6.07, 6.45) is 0. The Labute approximate surface area is 191 Å². The molecule has 0 fully saturated rings. The number of amides is 2. The van der Waals surface area contributed by atoms with E-state index in [9.17, 15) is 9.59 Å². The highest BCUT2D eigenvalue weighted by molar-refractivity contribution is 6.41. The first-order valence-electron chi connectivity index (χ1n) is 9.93. The van der Waals surface area contributed by atoms with Gasteiger partial charge >= 0.3 is 0 Å². The van der Waals surface area contributed by atoms with Crippen molar-refractivity contribution in [2.24, 2.45) is 0 Å². The molecule has 1 heterocycles. The van der Waals surface area contributed by atoms with Gasteiger partial charge in [-0.1, -0.05) is 77.8 Å². The van der Waals surface area contributed by atoms with E-state index in [4.69, 9.17) is 23.2 Å². The first-order valence-corrected chi connectivity index (χ1v) is 10.7. The van der Waals surface area contributed by atoms with Crippen LogP contribution < -0.4 is 4.90 Å². The highest BCUT2D eigenvalue weighted by Crippen LogP contribution is 2.38. The Balaban J connectivity index is 1.86. The maximum Gasteiger partial charge on any atom is 0.278 e. The molecule has 0 aliphatic carbocycles. The van der Waals surface area contributed by atoms with Gasteiger partial charge in [0.2, 0.25) is 0 Å². The van der Waals surface area contributed by atoms with Gasteiger partial charge in [-0.05, 0) is 36.8 Å². The summed E-state index contributed by atoms with van der Waals surface area (Å²) >= 11 is 12.5. The molecule has 0 radical (unpaired) electrons. The Morgan fingerprint density at radius 3 is 2.10 bits per heavy atom. The van der Waals surface area contributed by atoms with Gasteiger partial charge in [0.1, 0.15) is 5.70 Å². The molecule has 0 saturated heterocycles. The molecule has 0 spiro atoms. The van der Waals surface area contributed by atoms with Crippen LogP contribution in [-0.2, 0) is 16.1 Å². The Morgan fingerprint density at radius 1 is 0.839 bits per heavy atom. The zero-order chi connectivity index (χ0) is 22.0. The Kier molecular flexibility index (Phi) is 6.12. The predicted octanol–water partition coefficient (Wildman–Crippen LogP) is 5.80. The number of nitrogens with zero attached hydrogens (tertiary/aromatic N) is 2. The van der Waals surface area contributed by atoms with Crippen LogP contribution in [-0.4, -0.2) is 23.3 Å². The normalized spacial score (nSPS) is 13.8. The number of benzene rings is 3. The number of anilines is 1. The third-order valence-electron chi connectivity index (χ3n) is 5.18. The SMILES string of the molecule is CCN(C1=C(c2ccc(Cl)cc2Cl)C(=O)N(Cc2ccccc2)C1=O)c1ccccc1. The van der Waals surface area contributed by atoms with E-state index in [-0.39, 0.29) is 23.9 Å². The van der Waals surface area contributed by atoms with Crippen molar-refractivity contribution in [1.82, 2.24) is 4.90 Å². The summed E-state index contributed by atoms with van der Waals surface area (Å²) in [6.45, 7) is 2.63. The number of para-hydroxylation sites is 1. The summed E-state index contributed by atoms with van der Waals surface area (Å²) in [5.41, 5.74) is 2.79. The highest BCUT2D eigenvalue weighted by Gasteiger charge is 2.42. The third kappa shape index (κ3) is 4.09. The first-order chi connectivity index (χ1) is 15.0. The van der Waals surface area contributed by atoms with Crippen LogP contribution in [0.1, 0.15) is 18.1 Å². The molecule has 4 nitrogen and oxygen atoms in total. The quantitative estimate of drug-likeness (QED) is 0.445. The van der Waals surface area contributed by atoms with Crippen LogP contribution in [0.2, 0.25) is 10.0 Å². The summed E-state index contributed by atoms with van der Waals surface area (Å²) < 4.78 is 0. The molecular formula is C25H20Cl2N2O2. The van der Waals surface area contributed by atoms with Gasteiger partial charge in [0.25, 0.3) is 11.8 Å². The van der Waals surface area contributed by atoms with Crippen molar-refractivity contribution in [2.45, 2.75) is 13.5 Å². The molecule has 31 heavy (non-hydrogen) atoms. The van der Waals surface area contributed by atoms with Crippen molar-refractivity contribution in [2.75, 3.05) is 11.4 Å². The zero-order valence-corrected chi connectivity index (χ0v) is 18.4. The van der Waals surface area contributed by atoms with Gasteiger partial charge in [-0.2, -0.15) is 0 Å². The van der Waals surface area contributed by atoms with E-state index >= 15 is 0 Å². The molecule has 0 aromatic heterocycles. The molecule has 0 N–H and O–H groups in total. The maximum absolute atomic E-state index is 13.6. The van der Waals surface area contributed by atoms with Crippen molar-refractivity contribution in [1.29, 1.82) is 0 Å². The Bertz CT molecular complexity index is 1160. The number of likely N-dealkylation sites (N-methyl/N-ethyl adjacent to an activating group) is 1. The molecule has 0 unspecified atom stereocenters. The largest absolute Gasteiger partial charge is 0.337 e. The van der Waals surface area contributed by atoms with Gasteiger partial charge in [0.05, 0.1) is 17.1 Å². The van der Waals surface area contributed by atoms with Gasteiger partial charge in [-0.15, -0.1) is 0 Å². The maximum atomic E-state index is 13.6. The topological polar surface area (TPSA) is 40.6 Å². The van der Waals surface area contributed by atoms with Gasteiger partial charge in [0.15, 0.2) is 0 Å². The molecule has 2 amide bonds. The van der Waals surface area contributed by atoms with Crippen LogP contribution in [0.4, 0.5) is 5.69 Å². The fourth-order valence-electron chi connectivity index (χ4n) is 3.74. The highest BCUT2D eigenvalue weighted by atomic mass is 35.5. The van der Waals surface area contributed by atoms with E-state index in [1.165, 1.54) is 4.90 Å². The molecule has 4 rings (SSSR count). The van der Waals surface area contributed by atoms with Crippen molar-refractivity contribution in [3.63, 3.8) is 0 Å². The first kappa shape index (κ1) is 21.2. The van der Waals surface area contributed by atoms with Gasteiger partial charge in [-0.3, -0.25) is 14.5 Å². The standard InChI is InChI=1S/C25H20Cl2N2O2/c1-2-28(19-11-7-4-8-12-19)23-22(20-14-13-18(26)15-21(20)27)24(30)29(25(23)31)16-17-9-5-3-6-10-17/h3-15H,2,16H2,1H3. The molecular weight excluding hydrogens is 431 g/mol. The third-order valence-corrected chi connectivity index (χ3v) is 5.73. The van der Waals surface area contributed by atoms with Crippen LogP contribution in [0.3, 0.4) is 0 Å². The van der Waals surface area contributed by atoms with E-state index in [0.717, 1.165) is 11.3 Å². The molecule has 0 saturated carbocycles.